The number of sulfonamides is 1. The number of nitrogens with one attached hydrogen (secondary N) is 2. The molecule has 9 nitrogen and oxygen atoms in total. The van der Waals surface area contributed by atoms with Gasteiger partial charge in [0.25, 0.3) is 0 Å². The highest BCUT2D eigenvalue weighted by atomic mass is 35.5. The summed E-state index contributed by atoms with van der Waals surface area (Å²) >= 11 is 5.85. The summed E-state index contributed by atoms with van der Waals surface area (Å²) in [5.41, 5.74) is 1.13. The van der Waals surface area contributed by atoms with E-state index in [1.54, 1.807) is 49.5 Å². The number of hydrogen-bond acceptors (Lipinski definition) is 7. The van der Waals surface area contributed by atoms with Gasteiger partial charge >= 0.3 is 5.97 Å². The van der Waals surface area contributed by atoms with Gasteiger partial charge in [0.15, 0.2) is 0 Å². The molecule has 0 aliphatic heterocycles. The Morgan fingerprint density at radius 3 is 2.40 bits per heavy atom. The zero-order chi connectivity index (χ0) is 25.3. The van der Waals surface area contributed by atoms with E-state index >= 15 is 0 Å². The van der Waals surface area contributed by atoms with Crippen molar-refractivity contribution in [3.05, 3.63) is 83.6 Å². The van der Waals surface area contributed by atoms with Crippen LogP contribution in [0.15, 0.2) is 78.0 Å². The fraction of sp³-hybridized carbons (Fsp3) is 0.208. The summed E-state index contributed by atoms with van der Waals surface area (Å²) in [6, 6.07) is 14.1. The Bertz CT molecular complexity index is 1240. The van der Waals surface area contributed by atoms with E-state index in [0.29, 0.717) is 28.6 Å². The molecule has 2 aromatic carbocycles. The second-order valence-electron chi connectivity index (χ2n) is 7.30. The van der Waals surface area contributed by atoms with Gasteiger partial charge in [0.1, 0.15) is 18.4 Å². The summed E-state index contributed by atoms with van der Waals surface area (Å²) in [7, 11) is -4.06. The molecule has 1 atom stereocenters. The fourth-order valence-electron chi connectivity index (χ4n) is 2.96. The maximum Gasteiger partial charge on any atom is 0.310 e. The fourth-order valence-corrected chi connectivity index (χ4v) is 4.26. The van der Waals surface area contributed by atoms with Gasteiger partial charge in [-0.1, -0.05) is 23.7 Å². The predicted molar refractivity (Wildman–Crippen MR) is 131 cm³/mol. The molecule has 1 heterocycles. The van der Waals surface area contributed by atoms with E-state index in [1.165, 1.54) is 30.5 Å². The van der Waals surface area contributed by atoms with Crippen molar-refractivity contribution in [1.29, 1.82) is 0 Å². The summed E-state index contributed by atoms with van der Waals surface area (Å²) in [5, 5.41) is 3.05. The minimum Gasteiger partial charge on any atom is -0.490 e. The van der Waals surface area contributed by atoms with Crippen LogP contribution in [0.4, 0.5) is 5.69 Å². The average molecular weight is 518 g/mol. The van der Waals surface area contributed by atoms with Gasteiger partial charge in [-0.15, -0.1) is 0 Å². The SMILES string of the molecule is CCOC(=O)Cc1ccc(NC(=O)[C@H](COc2cccnc2)NS(=O)(=O)c2ccc(Cl)cc2)cc1. The number of carbonyl (C=O) groups is 2. The lowest BCUT2D eigenvalue weighted by molar-refractivity contribution is -0.142. The third-order valence-electron chi connectivity index (χ3n) is 4.66. The Kier molecular flexibility index (Phi) is 9.18. The summed E-state index contributed by atoms with van der Waals surface area (Å²) in [6.07, 6.45) is 3.11. The number of anilines is 1. The minimum atomic E-state index is -4.06. The van der Waals surface area contributed by atoms with Crippen molar-refractivity contribution in [1.82, 2.24) is 9.71 Å². The molecule has 0 radical (unpaired) electrons. The first kappa shape index (κ1) is 26.1. The normalized spacial score (nSPS) is 11.9. The average Bonchev–Trinajstić information content (AvgIpc) is 2.84. The van der Waals surface area contributed by atoms with E-state index in [4.69, 9.17) is 21.1 Å². The summed E-state index contributed by atoms with van der Waals surface area (Å²) < 4.78 is 38.7. The molecule has 0 saturated carbocycles. The van der Waals surface area contributed by atoms with Crippen molar-refractivity contribution < 1.29 is 27.5 Å². The number of rotatable bonds is 11. The summed E-state index contributed by atoms with van der Waals surface area (Å²) in [5.74, 6) is -0.614. The number of amides is 1. The van der Waals surface area contributed by atoms with Crippen molar-refractivity contribution in [3.8, 4) is 5.75 Å². The van der Waals surface area contributed by atoms with Crippen LogP contribution in [0.2, 0.25) is 5.02 Å². The van der Waals surface area contributed by atoms with E-state index in [1.807, 2.05) is 0 Å². The Balaban J connectivity index is 1.74. The molecule has 0 fully saturated rings. The highest BCUT2D eigenvalue weighted by Crippen LogP contribution is 2.16. The van der Waals surface area contributed by atoms with Crippen LogP contribution >= 0.6 is 11.6 Å². The van der Waals surface area contributed by atoms with Crippen LogP contribution in [0, 0.1) is 0 Å². The molecule has 0 unspecified atom stereocenters. The molecule has 1 amide bonds. The first-order valence-corrected chi connectivity index (χ1v) is 12.5. The highest BCUT2D eigenvalue weighted by molar-refractivity contribution is 7.89. The number of carbonyl (C=O) groups excluding carboxylic acids is 2. The molecular weight excluding hydrogens is 494 g/mol. The Morgan fingerprint density at radius 2 is 1.77 bits per heavy atom. The Labute approximate surface area is 208 Å². The number of halogens is 1. The quantitative estimate of drug-likeness (QED) is 0.374. The number of esters is 1. The first-order valence-electron chi connectivity index (χ1n) is 10.6. The number of aromatic nitrogens is 1. The minimum absolute atomic E-state index is 0.0515. The van der Waals surface area contributed by atoms with Crippen molar-refractivity contribution >= 4 is 39.2 Å². The molecule has 3 rings (SSSR count). The smallest absolute Gasteiger partial charge is 0.310 e. The van der Waals surface area contributed by atoms with Crippen LogP contribution in [0.3, 0.4) is 0 Å². The molecule has 11 heteroatoms. The van der Waals surface area contributed by atoms with Gasteiger partial charge < -0.3 is 14.8 Å². The molecular formula is C24H24ClN3O6S. The lowest BCUT2D eigenvalue weighted by Crippen LogP contribution is -2.47. The summed E-state index contributed by atoms with van der Waals surface area (Å²) in [6.45, 7) is 1.73. The molecule has 3 aromatic rings. The third kappa shape index (κ3) is 8.06. The van der Waals surface area contributed by atoms with E-state index < -0.39 is 22.0 Å². The molecule has 184 valence electrons. The van der Waals surface area contributed by atoms with E-state index in [9.17, 15) is 18.0 Å². The van der Waals surface area contributed by atoms with Crippen LogP contribution in [-0.2, 0) is 30.8 Å². The van der Waals surface area contributed by atoms with Crippen LogP contribution in [0.1, 0.15) is 12.5 Å². The number of benzene rings is 2. The molecule has 0 aliphatic carbocycles. The van der Waals surface area contributed by atoms with Gasteiger partial charge in [-0.2, -0.15) is 4.72 Å². The number of pyridine rings is 1. The van der Waals surface area contributed by atoms with Crippen LogP contribution < -0.4 is 14.8 Å². The van der Waals surface area contributed by atoms with E-state index in [-0.39, 0.29) is 23.9 Å². The lowest BCUT2D eigenvalue weighted by Gasteiger charge is -2.19. The number of hydrogen-bond donors (Lipinski definition) is 2. The molecule has 0 aliphatic rings. The van der Waals surface area contributed by atoms with E-state index in [0.717, 1.165) is 0 Å². The van der Waals surface area contributed by atoms with Gasteiger partial charge in [0.2, 0.25) is 15.9 Å². The number of nitrogens with zero attached hydrogens (tertiary/aromatic N) is 1. The topological polar surface area (TPSA) is 124 Å². The molecule has 1 aromatic heterocycles. The maximum absolute atomic E-state index is 13.0. The largest absolute Gasteiger partial charge is 0.490 e. The van der Waals surface area contributed by atoms with Crippen molar-refractivity contribution in [2.45, 2.75) is 24.3 Å². The van der Waals surface area contributed by atoms with Crippen LogP contribution in [-0.4, -0.2) is 44.5 Å². The highest BCUT2D eigenvalue weighted by Gasteiger charge is 2.27. The van der Waals surface area contributed by atoms with Gasteiger partial charge in [-0.25, -0.2) is 8.42 Å². The number of ether oxygens (including phenoxy) is 2. The first-order chi connectivity index (χ1) is 16.8. The van der Waals surface area contributed by atoms with Gasteiger partial charge in [-0.05, 0) is 61.0 Å². The zero-order valence-electron chi connectivity index (χ0n) is 18.8. The third-order valence-corrected chi connectivity index (χ3v) is 6.40. The van der Waals surface area contributed by atoms with Crippen molar-refractivity contribution in [2.24, 2.45) is 0 Å². The molecule has 0 saturated heterocycles. The van der Waals surface area contributed by atoms with Gasteiger partial charge in [0.05, 0.1) is 24.1 Å². The van der Waals surface area contributed by atoms with Crippen molar-refractivity contribution in [2.75, 3.05) is 18.5 Å². The molecule has 2 N–H and O–H groups in total. The zero-order valence-corrected chi connectivity index (χ0v) is 20.4. The van der Waals surface area contributed by atoms with Crippen LogP contribution in [0.5, 0.6) is 5.75 Å². The monoisotopic (exact) mass is 517 g/mol. The Hall–Kier alpha value is -3.47. The second kappa shape index (κ2) is 12.3. The summed E-state index contributed by atoms with van der Waals surface area (Å²) in [4.78, 5) is 28.5. The maximum atomic E-state index is 13.0. The van der Waals surface area contributed by atoms with E-state index in [2.05, 4.69) is 15.0 Å². The molecule has 0 spiro atoms. The predicted octanol–water partition coefficient (Wildman–Crippen LogP) is 3.21. The van der Waals surface area contributed by atoms with Crippen LogP contribution in [0.25, 0.3) is 0 Å². The Morgan fingerprint density at radius 1 is 1.06 bits per heavy atom. The standard InChI is InChI=1S/C24H24ClN3O6S/c1-2-33-23(29)14-17-5-9-19(10-6-17)27-24(30)22(16-34-20-4-3-13-26-15-20)28-35(31,32)21-11-7-18(25)8-12-21/h3-13,15,22,28H,2,14,16H2,1H3,(H,27,30)/t22-/m0/s1. The lowest BCUT2D eigenvalue weighted by atomic mass is 10.1. The molecule has 35 heavy (non-hydrogen) atoms. The van der Waals surface area contributed by atoms with Crippen molar-refractivity contribution in [3.63, 3.8) is 0 Å². The van der Waals surface area contributed by atoms with Gasteiger partial charge in [0, 0.05) is 16.9 Å². The molecule has 0 bridgehead atoms. The second-order valence-corrected chi connectivity index (χ2v) is 9.45. The van der Waals surface area contributed by atoms with Gasteiger partial charge in [-0.3, -0.25) is 14.6 Å².